The molecule has 0 bridgehead atoms. The maximum absolute atomic E-state index is 13.1. The minimum absolute atomic E-state index is 0.216. The highest BCUT2D eigenvalue weighted by atomic mass is 32.1. The molecular formula is C20H21FN4OS. The normalized spacial score (nSPS) is 17.3. The Hall–Kier alpha value is -2.54. The molecule has 1 aliphatic heterocycles. The van der Waals surface area contributed by atoms with E-state index in [1.807, 2.05) is 6.92 Å². The van der Waals surface area contributed by atoms with Crippen LogP contribution in [0.3, 0.4) is 0 Å². The van der Waals surface area contributed by atoms with Gasteiger partial charge in [-0.3, -0.25) is 4.79 Å². The van der Waals surface area contributed by atoms with Crippen LogP contribution in [0.15, 0.2) is 30.6 Å². The van der Waals surface area contributed by atoms with Crippen molar-refractivity contribution in [3.05, 3.63) is 46.9 Å². The summed E-state index contributed by atoms with van der Waals surface area (Å²) in [6, 6.07) is 5.78. The number of aromatic nitrogens is 2. The number of anilines is 2. The molecule has 27 heavy (non-hydrogen) atoms. The molecule has 0 aliphatic carbocycles. The maximum Gasteiger partial charge on any atom is 0.257 e. The first-order valence-electron chi connectivity index (χ1n) is 9.09. The van der Waals surface area contributed by atoms with Crippen molar-refractivity contribution in [2.45, 2.75) is 26.7 Å². The first kappa shape index (κ1) is 17.9. The van der Waals surface area contributed by atoms with Crippen molar-refractivity contribution >= 4 is 39.0 Å². The Morgan fingerprint density at radius 3 is 2.81 bits per heavy atom. The van der Waals surface area contributed by atoms with Gasteiger partial charge in [0.05, 0.1) is 10.9 Å². The molecule has 1 amide bonds. The van der Waals surface area contributed by atoms with E-state index >= 15 is 0 Å². The van der Waals surface area contributed by atoms with Gasteiger partial charge in [-0.05, 0) is 49.9 Å². The first-order valence-corrected chi connectivity index (χ1v) is 9.90. The minimum atomic E-state index is -0.333. The molecule has 5 nitrogen and oxygen atoms in total. The Labute approximate surface area is 161 Å². The molecule has 3 heterocycles. The third-order valence-corrected chi connectivity index (χ3v) is 5.94. The van der Waals surface area contributed by atoms with Crippen LogP contribution in [-0.4, -0.2) is 29.0 Å². The highest BCUT2D eigenvalue weighted by Gasteiger charge is 2.25. The van der Waals surface area contributed by atoms with Crippen LogP contribution in [0.2, 0.25) is 0 Å². The lowest BCUT2D eigenvalue weighted by Crippen LogP contribution is -2.35. The molecule has 1 saturated heterocycles. The summed E-state index contributed by atoms with van der Waals surface area (Å²) in [5.74, 6) is 0.881. The van der Waals surface area contributed by atoms with Gasteiger partial charge in [-0.25, -0.2) is 14.4 Å². The standard InChI is InChI=1S/C20H21FN4OS/c1-12-4-3-9-25(10-12)18-17-16(13(2)27-20(17)23-11-22-18)19(26)24-15-7-5-14(21)6-8-15/h5-8,11-12H,3-4,9-10H2,1-2H3,(H,24,26). The molecule has 140 valence electrons. The fourth-order valence-electron chi connectivity index (χ4n) is 3.65. The number of nitrogens with one attached hydrogen (secondary N) is 1. The van der Waals surface area contributed by atoms with Gasteiger partial charge in [0.2, 0.25) is 0 Å². The van der Waals surface area contributed by atoms with Crippen molar-refractivity contribution in [2.75, 3.05) is 23.3 Å². The van der Waals surface area contributed by atoms with Crippen LogP contribution in [-0.2, 0) is 0 Å². The van der Waals surface area contributed by atoms with E-state index in [0.29, 0.717) is 17.2 Å². The number of hydrogen-bond donors (Lipinski definition) is 1. The van der Waals surface area contributed by atoms with Crippen LogP contribution in [0, 0.1) is 18.7 Å². The fourth-order valence-corrected chi connectivity index (χ4v) is 4.63. The van der Waals surface area contributed by atoms with E-state index in [4.69, 9.17) is 0 Å². The van der Waals surface area contributed by atoms with Gasteiger partial charge in [-0.1, -0.05) is 6.92 Å². The van der Waals surface area contributed by atoms with Crippen LogP contribution in [0.1, 0.15) is 35.0 Å². The summed E-state index contributed by atoms with van der Waals surface area (Å²) in [4.78, 5) is 25.9. The van der Waals surface area contributed by atoms with Crippen LogP contribution in [0.25, 0.3) is 10.2 Å². The number of hydrogen-bond acceptors (Lipinski definition) is 5. The number of rotatable bonds is 3. The van der Waals surface area contributed by atoms with Gasteiger partial charge in [-0.15, -0.1) is 11.3 Å². The third-order valence-electron chi connectivity index (χ3n) is 4.93. The Balaban J connectivity index is 1.74. The lowest BCUT2D eigenvalue weighted by atomic mass is 10.00. The molecule has 0 spiro atoms. The number of amides is 1. The summed E-state index contributed by atoms with van der Waals surface area (Å²) in [6.45, 7) is 6.03. The number of fused-ring (bicyclic) bond motifs is 1. The second-order valence-corrected chi connectivity index (χ2v) is 8.27. The quantitative estimate of drug-likeness (QED) is 0.715. The van der Waals surface area contributed by atoms with Gasteiger partial charge in [0.1, 0.15) is 22.8 Å². The number of nitrogens with zero attached hydrogens (tertiary/aromatic N) is 3. The van der Waals surface area contributed by atoms with Gasteiger partial charge in [-0.2, -0.15) is 0 Å². The molecule has 0 radical (unpaired) electrons. The highest BCUT2D eigenvalue weighted by molar-refractivity contribution is 7.19. The lowest BCUT2D eigenvalue weighted by Gasteiger charge is -2.32. The lowest BCUT2D eigenvalue weighted by molar-refractivity contribution is 0.102. The average Bonchev–Trinajstić information content (AvgIpc) is 2.99. The largest absolute Gasteiger partial charge is 0.356 e. The van der Waals surface area contributed by atoms with Crippen LogP contribution < -0.4 is 10.2 Å². The van der Waals surface area contributed by atoms with E-state index in [2.05, 4.69) is 27.1 Å². The van der Waals surface area contributed by atoms with Crippen LogP contribution in [0.4, 0.5) is 15.9 Å². The average molecular weight is 384 g/mol. The number of halogens is 1. The van der Waals surface area contributed by atoms with Crippen molar-refractivity contribution in [1.29, 1.82) is 0 Å². The highest BCUT2D eigenvalue weighted by Crippen LogP contribution is 2.36. The molecule has 7 heteroatoms. The van der Waals surface area contributed by atoms with Crippen molar-refractivity contribution in [1.82, 2.24) is 9.97 Å². The molecule has 1 aliphatic rings. The topological polar surface area (TPSA) is 58.1 Å². The fraction of sp³-hybridized carbons (Fsp3) is 0.350. The Kier molecular flexibility index (Phi) is 4.78. The zero-order valence-electron chi connectivity index (χ0n) is 15.3. The number of carbonyl (C=O) groups is 1. The van der Waals surface area contributed by atoms with Crippen LogP contribution in [0.5, 0.6) is 0 Å². The van der Waals surface area contributed by atoms with E-state index in [1.54, 1.807) is 18.5 Å². The van der Waals surface area contributed by atoms with E-state index in [0.717, 1.165) is 40.4 Å². The predicted octanol–water partition coefficient (Wildman–Crippen LogP) is 4.63. The Morgan fingerprint density at radius 2 is 2.07 bits per heavy atom. The van der Waals surface area contributed by atoms with E-state index in [1.165, 1.54) is 29.9 Å². The molecule has 1 N–H and O–H groups in total. The molecule has 1 unspecified atom stereocenters. The number of thiophene rings is 1. The van der Waals surface area contributed by atoms with Gasteiger partial charge >= 0.3 is 0 Å². The van der Waals surface area contributed by atoms with Crippen molar-refractivity contribution in [2.24, 2.45) is 5.92 Å². The van der Waals surface area contributed by atoms with Gasteiger partial charge in [0.15, 0.2) is 0 Å². The van der Waals surface area contributed by atoms with Gasteiger partial charge < -0.3 is 10.2 Å². The molecule has 1 fully saturated rings. The molecular weight excluding hydrogens is 363 g/mol. The minimum Gasteiger partial charge on any atom is -0.356 e. The number of aryl methyl sites for hydroxylation is 1. The monoisotopic (exact) mass is 384 g/mol. The zero-order chi connectivity index (χ0) is 19.0. The number of benzene rings is 1. The summed E-state index contributed by atoms with van der Waals surface area (Å²) in [5, 5.41) is 3.68. The van der Waals surface area contributed by atoms with Crippen molar-refractivity contribution in [3.63, 3.8) is 0 Å². The summed E-state index contributed by atoms with van der Waals surface area (Å²) < 4.78 is 13.1. The SMILES string of the molecule is Cc1sc2ncnc(N3CCCC(C)C3)c2c1C(=O)Nc1ccc(F)cc1. The van der Waals surface area contributed by atoms with E-state index in [-0.39, 0.29) is 11.7 Å². The predicted molar refractivity (Wildman–Crippen MR) is 107 cm³/mol. The molecule has 0 saturated carbocycles. The first-order chi connectivity index (χ1) is 13.0. The molecule has 4 rings (SSSR count). The molecule has 2 aromatic heterocycles. The third kappa shape index (κ3) is 3.51. The van der Waals surface area contributed by atoms with Crippen molar-refractivity contribution < 1.29 is 9.18 Å². The summed E-state index contributed by atoms with van der Waals surface area (Å²) in [7, 11) is 0. The number of piperidine rings is 1. The summed E-state index contributed by atoms with van der Waals surface area (Å²) in [6.07, 6.45) is 3.91. The second-order valence-electron chi connectivity index (χ2n) is 7.07. The summed E-state index contributed by atoms with van der Waals surface area (Å²) in [5.41, 5.74) is 1.17. The second kappa shape index (κ2) is 7.23. The Morgan fingerprint density at radius 1 is 1.30 bits per heavy atom. The van der Waals surface area contributed by atoms with Crippen LogP contribution >= 0.6 is 11.3 Å². The van der Waals surface area contributed by atoms with Gasteiger partial charge in [0, 0.05) is 23.7 Å². The smallest absolute Gasteiger partial charge is 0.257 e. The molecule has 1 atom stereocenters. The summed E-state index contributed by atoms with van der Waals surface area (Å²) >= 11 is 1.50. The number of carbonyl (C=O) groups excluding carboxylic acids is 1. The zero-order valence-corrected chi connectivity index (χ0v) is 16.1. The molecule has 1 aromatic carbocycles. The van der Waals surface area contributed by atoms with E-state index < -0.39 is 0 Å². The van der Waals surface area contributed by atoms with Crippen molar-refractivity contribution in [3.8, 4) is 0 Å². The maximum atomic E-state index is 13.1. The van der Waals surface area contributed by atoms with Gasteiger partial charge in [0.25, 0.3) is 5.91 Å². The Bertz CT molecular complexity index is 986. The van der Waals surface area contributed by atoms with E-state index in [9.17, 15) is 9.18 Å². The molecule has 3 aromatic rings.